The van der Waals surface area contributed by atoms with Crippen molar-refractivity contribution >= 4 is 9.84 Å². The third-order valence-electron chi connectivity index (χ3n) is 3.67. The van der Waals surface area contributed by atoms with Gasteiger partial charge in [-0.25, -0.2) is 8.42 Å². The van der Waals surface area contributed by atoms with Gasteiger partial charge >= 0.3 is 0 Å². The molecule has 5 nitrogen and oxygen atoms in total. The molecular weight excluding hydrogens is 288 g/mol. The lowest BCUT2D eigenvalue weighted by Gasteiger charge is -2.27. The number of ether oxygens (including phenoxy) is 1. The lowest BCUT2D eigenvalue weighted by molar-refractivity contribution is 0.414. The minimum absolute atomic E-state index is 0.265. The molecule has 0 radical (unpaired) electrons. The number of nitrogens with zero attached hydrogens (tertiary/aromatic N) is 2. The highest BCUT2D eigenvalue weighted by Crippen LogP contribution is 2.39. The number of nitriles is 2. The summed E-state index contributed by atoms with van der Waals surface area (Å²) in [6.07, 6.45) is 0.382. The summed E-state index contributed by atoms with van der Waals surface area (Å²) in [5, 5.41) is 17.1. The Bertz CT molecular complexity index is 765. The summed E-state index contributed by atoms with van der Waals surface area (Å²) in [5.74, 6) is 0.193. The molecule has 0 saturated heterocycles. The molecule has 0 aromatic heterocycles. The predicted octanol–water partition coefficient (Wildman–Crippen LogP) is 2.29. The Morgan fingerprint density at radius 1 is 1.24 bits per heavy atom. The van der Waals surface area contributed by atoms with Gasteiger partial charge < -0.3 is 4.74 Å². The fraction of sp³-hybridized carbons (Fsp3) is 0.333. The van der Waals surface area contributed by atoms with Gasteiger partial charge in [-0.2, -0.15) is 10.5 Å². The van der Waals surface area contributed by atoms with E-state index in [1.165, 1.54) is 0 Å². The number of sulfone groups is 1. The molecule has 1 aliphatic rings. The minimum atomic E-state index is -3.90. The van der Waals surface area contributed by atoms with Crippen molar-refractivity contribution in [1.29, 1.82) is 10.5 Å². The summed E-state index contributed by atoms with van der Waals surface area (Å²) in [7, 11) is -2.35. The van der Waals surface area contributed by atoms with Crippen molar-refractivity contribution < 1.29 is 13.2 Å². The SMILES string of the molecule is COc1ccc([C@H]2CC(C)=C(C#N)S(=O)(=O)[C@H]2C#N)cc1. The maximum Gasteiger partial charge on any atom is 0.205 e. The van der Waals surface area contributed by atoms with Crippen LogP contribution in [0.2, 0.25) is 0 Å². The first-order valence-electron chi connectivity index (χ1n) is 6.33. The van der Waals surface area contributed by atoms with Crippen LogP contribution in [0.4, 0.5) is 0 Å². The van der Waals surface area contributed by atoms with E-state index >= 15 is 0 Å². The van der Waals surface area contributed by atoms with Gasteiger partial charge in [0.15, 0.2) is 5.25 Å². The second-order valence-corrected chi connectivity index (χ2v) is 6.91. The summed E-state index contributed by atoms with van der Waals surface area (Å²) in [6.45, 7) is 1.63. The normalized spacial score (nSPS) is 24.0. The number of hydrogen-bond donors (Lipinski definition) is 0. The fourth-order valence-corrected chi connectivity index (χ4v) is 4.35. The monoisotopic (exact) mass is 302 g/mol. The van der Waals surface area contributed by atoms with Crippen LogP contribution in [0, 0.1) is 22.7 Å². The number of methoxy groups -OCH3 is 1. The zero-order valence-corrected chi connectivity index (χ0v) is 12.5. The zero-order chi connectivity index (χ0) is 15.6. The molecule has 2 rings (SSSR count). The van der Waals surface area contributed by atoms with Crippen LogP contribution in [-0.2, 0) is 9.84 Å². The first kappa shape index (κ1) is 15.1. The Morgan fingerprint density at radius 2 is 1.86 bits per heavy atom. The van der Waals surface area contributed by atoms with Crippen molar-refractivity contribution in [1.82, 2.24) is 0 Å². The topological polar surface area (TPSA) is 90.9 Å². The second-order valence-electron chi connectivity index (χ2n) is 4.90. The molecule has 6 heteroatoms. The van der Waals surface area contributed by atoms with Crippen molar-refractivity contribution in [3.63, 3.8) is 0 Å². The molecule has 0 N–H and O–H groups in total. The average Bonchev–Trinajstić information content (AvgIpc) is 2.46. The first-order chi connectivity index (χ1) is 9.95. The van der Waals surface area contributed by atoms with E-state index in [1.807, 2.05) is 6.07 Å². The molecule has 0 fully saturated rings. The van der Waals surface area contributed by atoms with Crippen LogP contribution >= 0.6 is 0 Å². The Morgan fingerprint density at radius 3 is 2.33 bits per heavy atom. The molecule has 0 bridgehead atoms. The smallest absolute Gasteiger partial charge is 0.205 e. The van der Waals surface area contributed by atoms with Crippen LogP contribution in [0.3, 0.4) is 0 Å². The standard InChI is InChI=1S/C15H14N2O3S/c1-10-7-13(11-3-5-12(20-2)6-4-11)15(9-17)21(18,19)14(10)8-16/h3-6,13,15H,7H2,1-2H3/t13-,15+/m1/s1. The third-order valence-corrected chi connectivity index (χ3v) is 5.78. The zero-order valence-electron chi connectivity index (χ0n) is 11.7. The summed E-state index contributed by atoms with van der Waals surface area (Å²) >= 11 is 0. The van der Waals surface area contributed by atoms with Gasteiger partial charge in [0.2, 0.25) is 9.84 Å². The molecule has 0 spiro atoms. The molecule has 0 amide bonds. The third kappa shape index (κ3) is 2.51. The second kappa shape index (κ2) is 5.59. The van der Waals surface area contributed by atoms with Crippen LogP contribution in [0.5, 0.6) is 5.75 Å². The lowest BCUT2D eigenvalue weighted by Crippen LogP contribution is -2.32. The van der Waals surface area contributed by atoms with Crippen LogP contribution in [-0.4, -0.2) is 20.8 Å². The molecule has 1 aromatic rings. The number of benzene rings is 1. The van der Waals surface area contributed by atoms with E-state index in [-0.39, 0.29) is 4.91 Å². The Kier molecular flexibility index (Phi) is 4.02. The molecule has 108 valence electrons. The number of hydrogen-bond acceptors (Lipinski definition) is 5. The quantitative estimate of drug-likeness (QED) is 0.836. The van der Waals surface area contributed by atoms with Crippen LogP contribution in [0.15, 0.2) is 34.7 Å². The number of allylic oxidation sites excluding steroid dienone is 2. The molecule has 0 aliphatic carbocycles. The van der Waals surface area contributed by atoms with Crippen molar-refractivity contribution in [2.45, 2.75) is 24.5 Å². The van der Waals surface area contributed by atoms with Gasteiger partial charge in [0, 0.05) is 5.92 Å². The number of rotatable bonds is 2. The summed E-state index contributed by atoms with van der Waals surface area (Å²) in [6, 6.07) is 10.5. The Labute approximate surface area is 124 Å². The van der Waals surface area contributed by atoms with Crippen LogP contribution in [0.1, 0.15) is 24.8 Å². The fourth-order valence-electron chi connectivity index (χ4n) is 2.58. The molecule has 21 heavy (non-hydrogen) atoms. The van der Waals surface area contributed by atoms with Gasteiger partial charge in [-0.3, -0.25) is 0 Å². The van der Waals surface area contributed by atoms with Gasteiger partial charge in [0.1, 0.15) is 16.7 Å². The van der Waals surface area contributed by atoms with Gasteiger partial charge in [-0.1, -0.05) is 12.1 Å². The van der Waals surface area contributed by atoms with Gasteiger partial charge in [-0.05, 0) is 36.6 Å². The molecular formula is C15H14N2O3S. The summed E-state index contributed by atoms with van der Waals surface area (Å²) in [5.41, 5.74) is 1.26. The van der Waals surface area contributed by atoms with E-state index in [0.717, 1.165) is 5.56 Å². The predicted molar refractivity (Wildman–Crippen MR) is 77.0 cm³/mol. The maximum absolute atomic E-state index is 12.4. The Balaban J connectivity index is 2.53. The maximum atomic E-state index is 12.4. The van der Waals surface area contributed by atoms with E-state index in [4.69, 9.17) is 10.00 Å². The molecule has 0 unspecified atom stereocenters. The van der Waals surface area contributed by atoms with Crippen LogP contribution < -0.4 is 4.74 Å². The summed E-state index contributed by atoms with van der Waals surface area (Å²) in [4.78, 5) is -0.265. The molecule has 2 atom stereocenters. The highest BCUT2D eigenvalue weighted by Gasteiger charge is 2.42. The van der Waals surface area contributed by atoms with E-state index < -0.39 is 21.0 Å². The highest BCUT2D eigenvalue weighted by molar-refractivity contribution is 7.96. The first-order valence-corrected chi connectivity index (χ1v) is 7.87. The molecule has 1 heterocycles. The highest BCUT2D eigenvalue weighted by atomic mass is 32.2. The molecule has 1 aromatic carbocycles. The van der Waals surface area contributed by atoms with E-state index in [1.54, 1.807) is 44.4 Å². The van der Waals surface area contributed by atoms with Crippen molar-refractivity contribution in [3.05, 3.63) is 40.3 Å². The van der Waals surface area contributed by atoms with Crippen LogP contribution in [0.25, 0.3) is 0 Å². The largest absolute Gasteiger partial charge is 0.497 e. The van der Waals surface area contributed by atoms with E-state index in [9.17, 15) is 13.7 Å². The molecule has 1 aliphatic heterocycles. The summed E-state index contributed by atoms with van der Waals surface area (Å²) < 4.78 is 29.8. The van der Waals surface area contributed by atoms with E-state index in [0.29, 0.717) is 17.7 Å². The molecule has 0 saturated carbocycles. The van der Waals surface area contributed by atoms with Gasteiger partial charge in [0.05, 0.1) is 13.2 Å². The van der Waals surface area contributed by atoms with Crippen molar-refractivity contribution in [2.75, 3.05) is 7.11 Å². The van der Waals surface area contributed by atoms with Gasteiger partial charge in [0.25, 0.3) is 0 Å². The lowest BCUT2D eigenvalue weighted by atomic mass is 9.89. The Hall–Kier alpha value is -2.31. The van der Waals surface area contributed by atoms with E-state index in [2.05, 4.69) is 0 Å². The minimum Gasteiger partial charge on any atom is -0.497 e. The average molecular weight is 302 g/mol. The van der Waals surface area contributed by atoms with Crippen molar-refractivity contribution in [3.8, 4) is 17.9 Å². The van der Waals surface area contributed by atoms with Crippen molar-refractivity contribution in [2.24, 2.45) is 0 Å². The van der Waals surface area contributed by atoms with Gasteiger partial charge in [-0.15, -0.1) is 0 Å².